The van der Waals surface area contributed by atoms with Crippen LogP contribution in [0.3, 0.4) is 0 Å². The minimum absolute atomic E-state index is 0.481. The summed E-state index contributed by atoms with van der Waals surface area (Å²) in [4.78, 5) is 37.2. The van der Waals surface area contributed by atoms with E-state index < -0.39 is 10.8 Å². The molecule has 4 aliphatic rings. The maximum absolute atomic E-state index is 5.58. The highest BCUT2D eigenvalue weighted by Crippen LogP contribution is 2.65. The number of benzene rings is 18. The molecular formula is C120H74N6S2. The summed E-state index contributed by atoms with van der Waals surface area (Å²) in [6, 6.07) is 162. The molecule has 2 aliphatic heterocycles. The van der Waals surface area contributed by atoms with E-state index in [1.807, 2.05) is 66.0 Å². The standard InChI is InChI=1S/2C60H37N3S/c1-4-17-38(18-5-1)41-23-16-24-42(33-41)53-37-54(63-59(62-53)40-21-8-3-9-22-40)43-31-32-45-46-36-52-47(35-48(46)58(61-55(45)34-43)39-19-6-2-7-20-39)44-25-10-11-26-49(44)60(52)50-27-12-14-29-56(50)64-57-30-15-13-28-51(57)60;1-4-16-38(17-5-1)39-28-30-40(31-29-39)53-37-54(63-59(62-53)42-20-8-3-9-21-42)43-32-33-45-46-36-52-47(35-48(46)58(61-55(45)34-43)41-18-6-2-7-19-41)44-22-10-11-23-49(44)60(52)50-24-12-14-26-56(50)64-57-27-15-13-25-51(57)60/h2*1-37H. The third-order valence-electron chi connectivity index (χ3n) is 26.3. The lowest BCUT2D eigenvalue weighted by Gasteiger charge is -2.39. The van der Waals surface area contributed by atoms with E-state index in [2.05, 4.69) is 406 Å². The summed E-state index contributed by atoms with van der Waals surface area (Å²) < 4.78 is 0. The Labute approximate surface area is 749 Å². The van der Waals surface area contributed by atoms with Crippen LogP contribution in [0.4, 0.5) is 0 Å². The van der Waals surface area contributed by atoms with Crippen molar-refractivity contribution in [2.45, 2.75) is 30.4 Å². The van der Waals surface area contributed by atoms with Crippen molar-refractivity contribution in [2.24, 2.45) is 0 Å². The molecule has 18 aromatic carbocycles. The Balaban J connectivity index is 0.000000139. The van der Waals surface area contributed by atoms with Crippen LogP contribution >= 0.6 is 23.5 Å². The molecule has 2 aliphatic carbocycles. The van der Waals surface area contributed by atoms with Gasteiger partial charge < -0.3 is 0 Å². The summed E-state index contributed by atoms with van der Waals surface area (Å²) in [5.41, 5.74) is 34.7. The molecule has 0 unspecified atom stereocenters. The first-order valence-corrected chi connectivity index (χ1v) is 45.1. The average molecular weight is 1660 g/mol. The van der Waals surface area contributed by atoms with Crippen molar-refractivity contribution in [3.63, 3.8) is 0 Å². The molecule has 0 atom stereocenters. The van der Waals surface area contributed by atoms with Crippen LogP contribution in [0.25, 0.3) is 178 Å². The number of pyridine rings is 2. The van der Waals surface area contributed by atoms with E-state index in [1.165, 1.54) is 114 Å². The zero-order valence-electron chi connectivity index (χ0n) is 69.2. The van der Waals surface area contributed by atoms with Crippen molar-refractivity contribution in [3.8, 4) is 135 Å². The van der Waals surface area contributed by atoms with Crippen LogP contribution < -0.4 is 0 Å². The molecule has 596 valence electrons. The number of nitrogens with zero attached hydrogens (tertiary/aromatic N) is 6. The van der Waals surface area contributed by atoms with Crippen LogP contribution in [0.15, 0.2) is 468 Å². The lowest BCUT2D eigenvalue weighted by molar-refractivity contribution is 0.723. The first kappa shape index (κ1) is 74.8. The smallest absolute Gasteiger partial charge is 0.160 e. The Bertz CT molecular complexity index is 8140. The van der Waals surface area contributed by atoms with Crippen molar-refractivity contribution in [1.29, 1.82) is 0 Å². The second-order valence-electron chi connectivity index (χ2n) is 33.3. The average Bonchev–Trinajstić information content (AvgIpc) is 1.53. The predicted molar refractivity (Wildman–Crippen MR) is 527 cm³/mol. The molecule has 26 rings (SSSR count). The van der Waals surface area contributed by atoms with E-state index in [9.17, 15) is 0 Å². The Morgan fingerprint density at radius 3 is 0.844 bits per heavy atom. The highest BCUT2D eigenvalue weighted by molar-refractivity contribution is 7.99. The summed E-state index contributed by atoms with van der Waals surface area (Å²) in [6.07, 6.45) is 0. The molecule has 4 aromatic heterocycles. The van der Waals surface area contributed by atoms with Crippen LogP contribution in [0.1, 0.15) is 44.5 Å². The van der Waals surface area contributed by atoms with Gasteiger partial charge in [0.05, 0.1) is 56.0 Å². The van der Waals surface area contributed by atoms with Gasteiger partial charge in [-0.25, -0.2) is 29.9 Å². The van der Waals surface area contributed by atoms with Crippen LogP contribution in [0, 0.1) is 0 Å². The molecule has 0 fully saturated rings. The predicted octanol–water partition coefficient (Wildman–Crippen LogP) is 30.7. The first-order chi connectivity index (χ1) is 63.4. The number of hydrogen-bond acceptors (Lipinski definition) is 8. The van der Waals surface area contributed by atoms with Gasteiger partial charge in [0.25, 0.3) is 0 Å². The zero-order valence-corrected chi connectivity index (χ0v) is 70.9. The van der Waals surface area contributed by atoms with E-state index in [0.717, 1.165) is 117 Å². The van der Waals surface area contributed by atoms with E-state index >= 15 is 0 Å². The normalized spacial score (nSPS) is 13.1. The first-order valence-electron chi connectivity index (χ1n) is 43.5. The van der Waals surface area contributed by atoms with E-state index in [4.69, 9.17) is 29.9 Å². The van der Waals surface area contributed by atoms with Gasteiger partial charge in [0, 0.05) is 85.6 Å². The third kappa shape index (κ3) is 12.2. The lowest BCUT2D eigenvalue weighted by atomic mass is 9.67. The number of aromatic nitrogens is 6. The summed E-state index contributed by atoms with van der Waals surface area (Å²) in [7, 11) is 0. The molecule has 8 heteroatoms. The molecule has 6 nitrogen and oxygen atoms in total. The van der Waals surface area contributed by atoms with Crippen molar-refractivity contribution in [1.82, 2.24) is 29.9 Å². The van der Waals surface area contributed by atoms with Crippen molar-refractivity contribution in [2.75, 3.05) is 0 Å². The third-order valence-corrected chi connectivity index (χ3v) is 28.6. The lowest BCUT2D eigenvalue weighted by Crippen LogP contribution is -2.31. The molecule has 0 N–H and O–H groups in total. The van der Waals surface area contributed by atoms with Gasteiger partial charge in [-0.15, -0.1) is 0 Å². The molecule has 0 saturated heterocycles. The van der Waals surface area contributed by atoms with Gasteiger partial charge >= 0.3 is 0 Å². The number of hydrogen-bond donors (Lipinski definition) is 0. The molecule has 0 radical (unpaired) electrons. The van der Waals surface area contributed by atoms with E-state index in [-0.39, 0.29) is 0 Å². The minimum atomic E-state index is -0.482. The van der Waals surface area contributed by atoms with Gasteiger partial charge in [-0.05, 0) is 179 Å². The fourth-order valence-corrected chi connectivity index (χ4v) is 22.9. The van der Waals surface area contributed by atoms with Gasteiger partial charge in [-0.1, -0.05) is 394 Å². The second kappa shape index (κ2) is 30.5. The van der Waals surface area contributed by atoms with Crippen LogP contribution in [0.2, 0.25) is 0 Å². The van der Waals surface area contributed by atoms with Crippen molar-refractivity contribution >= 4 is 66.9 Å². The Hall–Kier alpha value is -15.8. The zero-order chi connectivity index (χ0) is 84.4. The maximum atomic E-state index is 5.58. The van der Waals surface area contributed by atoms with Gasteiger partial charge in [0.15, 0.2) is 11.6 Å². The molecular weight excluding hydrogens is 1590 g/mol. The molecule has 22 aromatic rings. The largest absolute Gasteiger partial charge is 0.247 e. The van der Waals surface area contributed by atoms with Gasteiger partial charge in [-0.2, -0.15) is 0 Å². The van der Waals surface area contributed by atoms with E-state index in [0.29, 0.717) is 11.6 Å². The number of fused-ring (bicyclic) bond motifs is 24. The van der Waals surface area contributed by atoms with Crippen LogP contribution in [-0.2, 0) is 10.8 Å². The molecule has 0 bridgehead atoms. The molecule has 2 spiro atoms. The molecule has 0 saturated carbocycles. The molecule has 0 amide bonds. The summed E-state index contributed by atoms with van der Waals surface area (Å²) in [5.74, 6) is 1.37. The van der Waals surface area contributed by atoms with Gasteiger partial charge in [0.2, 0.25) is 0 Å². The van der Waals surface area contributed by atoms with Crippen LogP contribution in [0.5, 0.6) is 0 Å². The van der Waals surface area contributed by atoms with E-state index in [1.54, 1.807) is 0 Å². The quantitative estimate of drug-likeness (QED) is 0.125. The highest BCUT2D eigenvalue weighted by atomic mass is 32.2. The maximum Gasteiger partial charge on any atom is 0.160 e. The molecule has 128 heavy (non-hydrogen) atoms. The monoisotopic (exact) mass is 1660 g/mol. The fourth-order valence-electron chi connectivity index (χ4n) is 20.5. The van der Waals surface area contributed by atoms with Crippen molar-refractivity contribution in [3.05, 3.63) is 493 Å². The second-order valence-corrected chi connectivity index (χ2v) is 35.5. The molecule has 6 heterocycles. The van der Waals surface area contributed by atoms with Crippen molar-refractivity contribution < 1.29 is 0 Å². The van der Waals surface area contributed by atoms with Crippen LogP contribution in [-0.4, -0.2) is 29.9 Å². The highest BCUT2D eigenvalue weighted by Gasteiger charge is 2.52. The Morgan fingerprint density at radius 1 is 0.156 bits per heavy atom. The Kier molecular flexibility index (Phi) is 17.8. The minimum Gasteiger partial charge on any atom is -0.247 e. The topological polar surface area (TPSA) is 77.3 Å². The number of rotatable bonds is 10. The van der Waals surface area contributed by atoms with Gasteiger partial charge in [-0.3, -0.25) is 0 Å². The summed E-state index contributed by atoms with van der Waals surface area (Å²) >= 11 is 3.75. The Morgan fingerprint density at radius 2 is 0.445 bits per heavy atom. The fraction of sp³-hybridized carbons (Fsp3) is 0.0167. The van der Waals surface area contributed by atoms with Gasteiger partial charge in [0.1, 0.15) is 0 Å². The SMILES string of the molecule is c1ccc(-c2ccc(-c3cc(-c4ccc5c(c4)nc(-c4ccccc4)c4cc6c(cc45)C4(c5ccccc5Sc5ccccc54)c4ccccc4-6)nc(-c4ccccc4)n3)cc2)cc1.c1ccc(-c2cccc(-c3cc(-c4ccc5c(c4)nc(-c4ccccc4)c4cc6c(cc45)C4(c5ccccc5Sc5ccccc54)c4ccccc4-6)nc(-c4ccccc4)n3)c2)cc1. The summed E-state index contributed by atoms with van der Waals surface area (Å²) in [6.45, 7) is 0. The summed E-state index contributed by atoms with van der Waals surface area (Å²) in [5, 5.41) is 6.85.